The number of nitrogens with one attached hydrogen (secondary N) is 1. The van der Waals surface area contributed by atoms with Gasteiger partial charge in [-0.05, 0) is 42.5 Å². The maximum absolute atomic E-state index is 10.6. The second-order valence-corrected chi connectivity index (χ2v) is 5.03. The zero-order valence-electron chi connectivity index (χ0n) is 13.8. The van der Waals surface area contributed by atoms with Crippen LogP contribution < -0.4 is 10.2 Å². The summed E-state index contributed by atoms with van der Waals surface area (Å²) in [5, 5.41) is 14.7. The van der Waals surface area contributed by atoms with Gasteiger partial charge in [0.2, 0.25) is 0 Å². The third kappa shape index (κ3) is 4.37. The van der Waals surface area contributed by atoms with Crippen LogP contribution in [-0.4, -0.2) is 27.8 Å². The number of methoxy groups -OCH3 is 1. The first kappa shape index (κ1) is 18.9. The van der Waals surface area contributed by atoms with Gasteiger partial charge < -0.3 is 9.30 Å². The summed E-state index contributed by atoms with van der Waals surface area (Å²) in [6.07, 6.45) is 4.75. The molecule has 1 aromatic carbocycles. The molecule has 8 nitrogen and oxygen atoms in total. The number of aromatic nitrogens is 2. The lowest BCUT2D eigenvalue weighted by molar-refractivity contribution is -0.385. The van der Waals surface area contributed by atoms with Gasteiger partial charge in [0.05, 0.1) is 23.9 Å². The topological polar surface area (TPSA) is 94.6 Å². The highest BCUT2D eigenvalue weighted by Gasteiger charge is 2.05. The number of nitrogens with zero attached hydrogens (tertiary/aromatic N) is 4. The Bertz CT molecular complexity index is 892. The average molecular weight is 374 g/mol. The number of pyridine rings is 1. The van der Waals surface area contributed by atoms with Crippen LogP contribution in [0.1, 0.15) is 5.69 Å². The first-order valence-corrected chi connectivity index (χ1v) is 7.38. The van der Waals surface area contributed by atoms with E-state index in [4.69, 9.17) is 4.74 Å². The van der Waals surface area contributed by atoms with Gasteiger partial charge in [-0.15, -0.1) is 12.4 Å². The fraction of sp³-hybridized carbons (Fsp3) is 0.0588. The van der Waals surface area contributed by atoms with Gasteiger partial charge in [-0.1, -0.05) is 0 Å². The second kappa shape index (κ2) is 8.63. The van der Waals surface area contributed by atoms with Crippen LogP contribution in [0.2, 0.25) is 0 Å². The van der Waals surface area contributed by atoms with Gasteiger partial charge in [0, 0.05) is 18.0 Å². The predicted octanol–water partition coefficient (Wildman–Crippen LogP) is 3.66. The van der Waals surface area contributed by atoms with Crippen LogP contribution in [0.4, 0.5) is 11.5 Å². The molecule has 0 aliphatic carbocycles. The van der Waals surface area contributed by atoms with Gasteiger partial charge in [-0.3, -0.25) is 15.5 Å². The Morgan fingerprint density at radius 1 is 1.23 bits per heavy atom. The van der Waals surface area contributed by atoms with Gasteiger partial charge in [0.15, 0.2) is 0 Å². The number of anilines is 1. The molecule has 26 heavy (non-hydrogen) atoms. The minimum Gasteiger partial charge on any atom is -0.497 e. The molecule has 1 N–H and O–H groups in total. The Kier molecular flexibility index (Phi) is 6.29. The molecule has 0 atom stereocenters. The average Bonchev–Trinajstić information content (AvgIpc) is 3.11. The lowest BCUT2D eigenvalue weighted by Crippen LogP contribution is -2.00. The standard InChI is InChI=1S/C17H15N5O3.ClH/c1-25-16-7-4-13(5-8-16)21-10-2-3-14(21)12-19-20-17-9-6-15(11-18-17)22(23)24;/h2-12H,1H3,(H,18,20);1H/b19-12+;. The van der Waals surface area contributed by atoms with E-state index in [2.05, 4.69) is 15.5 Å². The molecular weight excluding hydrogens is 358 g/mol. The lowest BCUT2D eigenvalue weighted by Gasteiger charge is -2.07. The fourth-order valence-corrected chi connectivity index (χ4v) is 2.20. The van der Waals surface area contributed by atoms with Gasteiger partial charge in [-0.25, -0.2) is 4.98 Å². The van der Waals surface area contributed by atoms with E-state index in [1.165, 1.54) is 18.3 Å². The molecule has 0 bridgehead atoms. The number of hydrazone groups is 1. The van der Waals surface area contributed by atoms with E-state index < -0.39 is 4.92 Å². The van der Waals surface area contributed by atoms with E-state index >= 15 is 0 Å². The van der Waals surface area contributed by atoms with Crippen molar-refractivity contribution in [2.45, 2.75) is 0 Å². The number of hydrogen-bond acceptors (Lipinski definition) is 6. The molecule has 0 unspecified atom stereocenters. The molecule has 2 heterocycles. The maximum Gasteiger partial charge on any atom is 0.287 e. The highest BCUT2D eigenvalue weighted by atomic mass is 35.5. The van der Waals surface area contributed by atoms with Crippen molar-refractivity contribution in [1.29, 1.82) is 0 Å². The molecule has 0 radical (unpaired) electrons. The van der Waals surface area contributed by atoms with Gasteiger partial charge >= 0.3 is 0 Å². The largest absolute Gasteiger partial charge is 0.497 e. The Morgan fingerprint density at radius 3 is 2.62 bits per heavy atom. The minimum atomic E-state index is -0.498. The first-order valence-electron chi connectivity index (χ1n) is 7.38. The molecule has 0 aliphatic rings. The summed E-state index contributed by atoms with van der Waals surface area (Å²) in [4.78, 5) is 14.0. The molecule has 3 aromatic rings. The van der Waals surface area contributed by atoms with Crippen LogP contribution in [0.25, 0.3) is 5.69 Å². The van der Waals surface area contributed by atoms with E-state index in [0.29, 0.717) is 5.82 Å². The molecule has 2 aromatic heterocycles. The summed E-state index contributed by atoms with van der Waals surface area (Å²) in [6, 6.07) is 14.4. The van der Waals surface area contributed by atoms with Crippen molar-refractivity contribution in [3.05, 3.63) is 76.7 Å². The molecule has 0 amide bonds. The molecule has 9 heteroatoms. The van der Waals surface area contributed by atoms with Crippen LogP contribution in [-0.2, 0) is 0 Å². The SMILES string of the molecule is COc1ccc(-n2cccc2/C=N/Nc2ccc([N+](=O)[O-])cn2)cc1.Cl. The van der Waals surface area contributed by atoms with Crippen LogP contribution in [0.15, 0.2) is 66.0 Å². The van der Waals surface area contributed by atoms with Crippen molar-refractivity contribution in [1.82, 2.24) is 9.55 Å². The minimum absolute atomic E-state index is 0. The normalized spacial score (nSPS) is 10.3. The second-order valence-electron chi connectivity index (χ2n) is 5.03. The van der Waals surface area contributed by atoms with Crippen molar-refractivity contribution in [2.75, 3.05) is 12.5 Å². The number of rotatable bonds is 6. The molecule has 0 saturated carbocycles. The van der Waals surface area contributed by atoms with E-state index in [1.54, 1.807) is 13.3 Å². The zero-order valence-corrected chi connectivity index (χ0v) is 14.6. The molecular formula is C17H16ClN5O3. The number of nitro groups is 1. The number of benzene rings is 1. The molecule has 0 spiro atoms. The highest BCUT2D eigenvalue weighted by Crippen LogP contribution is 2.17. The Morgan fingerprint density at radius 2 is 2.00 bits per heavy atom. The summed E-state index contributed by atoms with van der Waals surface area (Å²) < 4.78 is 7.13. The predicted molar refractivity (Wildman–Crippen MR) is 102 cm³/mol. The molecule has 0 fully saturated rings. The van der Waals surface area contributed by atoms with Gasteiger partial charge in [-0.2, -0.15) is 5.10 Å². The molecule has 0 aliphatic heterocycles. The van der Waals surface area contributed by atoms with Gasteiger partial charge in [0.25, 0.3) is 5.69 Å². The van der Waals surface area contributed by atoms with Crippen molar-refractivity contribution in [2.24, 2.45) is 5.10 Å². The quantitative estimate of drug-likeness (QED) is 0.404. The van der Waals surface area contributed by atoms with Crippen molar-refractivity contribution < 1.29 is 9.66 Å². The Hall–Kier alpha value is -3.39. The first-order chi connectivity index (χ1) is 12.2. The lowest BCUT2D eigenvalue weighted by atomic mass is 10.3. The summed E-state index contributed by atoms with van der Waals surface area (Å²) in [6.45, 7) is 0. The summed E-state index contributed by atoms with van der Waals surface area (Å²) in [5.41, 5.74) is 4.52. The van der Waals surface area contributed by atoms with E-state index in [9.17, 15) is 10.1 Å². The van der Waals surface area contributed by atoms with Crippen LogP contribution in [0, 0.1) is 10.1 Å². The summed E-state index contributed by atoms with van der Waals surface area (Å²) in [5.74, 6) is 1.21. The number of ether oxygens (including phenoxy) is 1. The molecule has 134 valence electrons. The van der Waals surface area contributed by atoms with E-state index in [0.717, 1.165) is 17.1 Å². The van der Waals surface area contributed by atoms with E-state index in [-0.39, 0.29) is 18.1 Å². The van der Waals surface area contributed by atoms with Crippen molar-refractivity contribution >= 4 is 30.1 Å². The monoisotopic (exact) mass is 373 g/mol. The third-order valence-corrected chi connectivity index (χ3v) is 3.47. The van der Waals surface area contributed by atoms with E-state index in [1.807, 2.05) is 47.2 Å². The zero-order chi connectivity index (χ0) is 17.6. The molecule has 3 rings (SSSR count). The molecule has 0 saturated heterocycles. The summed E-state index contributed by atoms with van der Waals surface area (Å²) in [7, 11) is 1.63. The van der Waals surface area contributed by atoms with Crippen LogP contribution >= 0.6 is 12.4 Å². The maximum atomic E-state index is 10.6. The van der Waals surface area contributed by atoms with Crippen LogP contribution in [0.3, 0.4) is 0 Å². The fourth-order valence-electron chi connectivity index (χ4n) is 2.20. The summed E-state index contributed by atoms with van der Waals surface area (Å²) >= 11 is 0. The smallest absolute Gasteiger partial charge is 0.287 e. The van der Waals surface area contributed by atoms with Crippen molar-refractivity contribution in [3.63, 3.8) is 0 Å². The van der Waals surface area contributed by atoms with Gasteiger partial charge in [0.1, 0.15) is 17.8 Å². The van der Waals surface area contributed by atoms with Crippen molar-refractivity contribution in [3.8, 4) is 11.4 Å². The Balaban J connectivity index is 0.00000243. The highest BCUT2D eigenvalue weighted by molar-refractivity contribution is 5.85. The Labute approximate surface area is 155 Å². The number of hydrogen-bond donors (Lipinski definition) is 1. The van der Waals surface area contributed by atoms with Crippen LogP contribution in [0.5, 0.6) is 5.75 Å². The third-order valence-electron chi connectivity index (χ3n) is 3.47. The number of halogens is 1.